The number of para-hydroxylation sites is 1. The van der Waals surface area contributed by atoms with E-state index in [0.29, 0.717) is 11.4 Å². The minimum absolute atomic E-state index is 0.0676. The fourth-order valence-electron chi connectivity index (χ4n) is 3.26. The normalized spacial score (nSPS) is 11.3. The maximum absolute atomic E-state index is 13.4. The molecule has 1 heterocycles. The van der Waals surface area contributed by atoms with Crippen molar-refractivity contribution in [3.63, 3.8) is 0 Å². The second-order valence-corrected chi connectivity index (χ2v) is 9.65. The van der Waals surface area contributed by atoms with Crippen LogP contribution in [0.4, 0.5) is 5.69 Å². The van der Waals surface area contributed by atoms with E-state index in [4.69, 9.17) is 16.3 Å². The van der Waals surface area contributed by atoms with E-state index in [1.165, 1.54) is 30.8 Å². The van der Waals surface area contributed by atoms with Crippen molar-refractivity contribution in [3.05, 3.63) is 75.2 Å². The number of hydrogen-bond acceptors (Lipinski definition) is 6. The van der Waals surface area contributed by atoms with Crippen LogP contribution in [0.2, 0.25) is 5.02 Å². The lowest BCUT2D eigenvalue weighted by molar-refractivity contribution is -0.120. The Morgan fingerprint density at radius 2 is 1.76 bits per heavy atom. The number of ketones is 1. The number of rotatable bonds is 7. The number of aromatic nitrogens is 2. The van der Waals surface area contributed by atoms with Gasteiger partial charge in [0, 0.05) is 14.1 Å². The number of halogens is 1. The van der Waals surface area contributed by atoms with Gasteiger partial charge in [-0.05, 0) is 44.2 Å². The van der Waals surface area contributed by atoms with Gasteiger partial charge in [0.25, 0.3) is 15.6 Å². The van der Waals surface area contributed by atoms with Crippen molar-refractivity contribution in [2.45, 2.75) is 18.7 Å². The van der Waals surface area contributed by atoms with Crippen LogP contribution < -0.4 is 9.86 Å². The van der Waals surface area contributed by atoms with Crippen LogP contribution >= 0.6 is 11.6 Å². The molecule has 33 heavy (non-hydrogen) atoms. The topological polar surface area (TPSA) is 108 Å². The Bertz CT molecular complexity index is 1390. The van der Waals surface area contributed by atoms with Crippen LogP contribution in [0.1, 0.15) is 23.0 Å². The first-order chi connectivity index (χ1) is 15.5. The van der Waals surface area contributed by atoms with E-state index in [1.807, 2.05) is 0 Å². The SMILES string of the molecule is CC(=O)COC(=O)c1ccc(Cl)c(S(=O)(=O)N(C)c2c(C)n(C)n(-c3ccccc3)c2=O)c1. The molecular weight excluding hydrogens is 470 g/mol. The molecule has 0 N–H and O–H groups in total. The Balaban J connectivity index is 2.08. The average molecular weight is 492 g/mol. The summed E-state index contributed by atoms with van der Waals surface area (Å²) >= 11 is 6.16. The summed E-state index contributed by atoms with van der Waals surface area (Å²) in [5, 5.41) is -0.137. The smallest absolute Gasteiger partial charge is 0.338 e. The molecule has 174 valence electrons. The van der Waals surface area contributed by atoms with Gasteiger partial charge < -0.3 is 4.74 Å². The Morgan fingerprint density at radius 1 is 1.12 bits per heavy atom. The molecule has 1 aromatic heterocycles. The van der Waals surface area contributed by atoms with Gasteiger partial charge in [0.2, 0.25) is 0 Å². The van der Waals surface area contributed by atoms with E-state index < -0.39 is 28.2 Å². The fourth-order valence-corrected chi connectivity index (χ4v) is 5.01. The molecule has 0 radical (unpaired) electrons. The highest BCUT2D eigenvalue weighted by Crippen LogP contribution is 2.29. The Morgan fingerprint density at radius 3 is 2.36 bits per heavy atom. The number of carbonyl (C=O) groups is 2. The molecule has 0 aliphatic carbocycles. The standard InChI is InChI=1S/C22H22ClN3O6S/c1-14(27)13-32-22(29)16-10-11-18(23)19(12-16)33(30,31)25(4)20-15(2)24(3)26(21(20)28)17-8-6-5-7-9-17/h5-12H,13H2,1-4H3. The fraction of sp³-hybridized carbons (Fsp3) is 0.227. The first kappa shape index (κ1) is 24.3. The number of nitrogens with zero attached hydrogens (tertiary/aromatic N) is 3. The number of anilines is 1. The Kier molecular flexibility index (Phi) is 6.80. The predicted molar refractivity (Wildman–Crippen MR) is 124 cm³/mol. The monoisotopic (exact) mass is 491 g/mol. The summed E-state index contributed by atoms with van der Waals surface area (Å²) in [7, 11) is -1.45. The van der Waals surface area contributed by atoms with Crippen LogP contribution in [0.5, 0.6) is 0 Å². The van der Waals surface area contributed by atoms with Crippen LogP contribution in [0.25, 0.3) is 5.69 Å². The summed E-state index contributed by atoms with van der Waals surface area (Å²) in [6, 6.07) is 12.4. The Hall–Kier alpha value is -3.37. The number of esters is 1. The summed E-state index contributed by atoms with van der Waals surface area (Å²) in [5.74, 6) is -1.23. The van der Waals surface area contributed by atoms with Crippen molar-refractivity contribution >= 4 is 39.1 Å². The molecule has 0 aliphatic heterocycles. The number of carbonyl (C=O) groups excluding carboxylic acids is 2. The first-order valence-corrected chi connectivity index (χ1v) is 11.6. The number of hydrogen-bond donors (Lipinski definition) is 0. The van der Waals surface area contributed by atoms with Gasteiger partial charge in [0.1, 0.15) is 17.2 Å². The molecule has 0 amide bonds. The van der Waals surface area contributed by atoms with E-state index >= 15 is 0 Å². The third-order valence-corrected chi connectivity index (χ3v) is 7.29. The highest BCUT2D eigenvalue weighted by Gasteiger charge is 2.31. The van der Waals surface area contributed by atoms with Crippen molar-refractivity contribution in [2.24, 2.45) is 7.05 Å². The largest absolute Gasteiger partial charge is 0.454 e. The molecule has 3 rings (SSSR count). The quantitative estimate of drug-likeness (QED) is 0.470. The van der Waals surface area contributed by atoms with E-state index in [0.717, 1.165) is 10.4 Å². The van der Waals surface area contributed by atoms with Crippen LogP contribution in [0, 0.1) is 6.92 Å². The molecule has 0 bridgehead atoms. The van der Waals surface area contributed by atoms with Crippen molar-refractivity contribution < 1.29 is 22.7 Å². The number of ether oxygens (including phenoxy) is 1. The predicted octanol–water partition coefficient (Wildman–Crippen LogP) is 2.71. The lowest BCUT2D eigenvalue weighted by Crippen LogP contribution is -2.32. The summed E-state index contributed by atoms with van der Waals surface area (Å²) in [6.07, 6.45) is 0. The van der Waals surface area contributed by atoms with Crippen LogP contribution in [-0.2, 0) is 26.6 Å². The highest BCUT2D eigenvalue weighted by molar-refractivity contribution is 7.93. The zero-order chi connectivity index (χ0) is 24.5. The molecule has 0 fully saturated rings. The molecule has 0 atom stereocenters. The van der Waals surface area contributed by atoms with Crippen molar-refractivity contribution in [1.82, 2.24) is 9.36 Å². The maximum Gasteiger partial charge on any atom is 0.338 e. The second kappa shape index (κ2) is 9.24. The van der Waals surface area contributed by atoms with Crippen molar-refractivity contribution in [2.75, 3.05) is 18.0 Å². The van der Waals surface area contributed by atoms with Crippen LogP contribution in [-0.4, -0.2) is 43.2 Å². The molecule has 9 nitrogen and oxygen atoms in total. The van der Waals surface area contributed by atoms with Crippen molar-refractivity contribution in [3.8, 4) is 5.69 Å². The molecular formula is C22H22ClN3O6S. The molecule has 2 aromatic carbocycles. The highest BCUT2D eigenvalue weighted by atomic mass is 35.5. The molecule has 0 saturated heterocycles. The second-order valence-electron chi connectivity index (χ2n) is 7.31. The minimum Gasteiger partial charge on any atom is -0.454 e. The molecule has 11 heteroatoms. The van der Waals surface area contributed by atoms with Gasteiger partial charge in [-0.15, -0.1) is 0 Å². The van der Waals surface area contributed by atoms with E-state index in [1.54, 1.807) is 49.0 Å². The van der Waals surface area contributed by atoms with Gasteiger partial charge in [-0.25, -0.2) is 17.9 Å². The summed E-state index contributed by atoms with van der Waals surface area (Å²) < 4.78 is 35.5. The Labute approximate surface area is 195 Å². The number of benzene rings is 2. The summed E-state index contributed by atoms with van der Waals surface area (Å²) in [6.45, 7) is 2.44. The van der Waals surface area contributed by atoms with Crippen LogP contribution in [0.3, 0.4) is 0 Å². The lowest BCUT2D eigenvalue weighted by Gasteiger charge is -2.19. The van der Waals surface area contributed by atoms with E-state index in [-0.39, 0.29) is 27.0 Å². The average Bonchev–Trinajstić information content (AvgIpc) is 3.00. The van der Waals surface area contributed by atoms with Crippen LogP contribution in [0.15, 0.2) is 58.2 Å². The maximum atomic E-state index is 13.4. The molecule has 0 saturated carbocycles. The lowest BCUT2D eigenvalue weighted by atomic mass is 10.2. The number of Topliss-reactive ketones (excluding diaryl/α,β-unsaturated/α-hetero) is 1. The van der Waals surface area contributed by atoms with E-state index in [9.17, 15) is 22.8 Å². The summed E-state index contributed by atoms with van der Waals surface area (Å²) in [5.41, 5.74) is 0.267. The van der Waals surface area contributed by atoms with Crippen molar-refractivity contribution in [1.29, 1.82) is 0 Å². The third kappa shape index (κ3) is 4.57. The molecule has 3 aromatic rings. The van der Waals surface area contributed by atoms with Gasteiger partial charge in [-0.2, -0.15) is 0 Å². The number of sulfonamides is 1. The van der Waals surface area contributed by atoms with E-state index in [2.05, 4.69) is 0 Å². The minimum atomic E-state index is -4.34. The van der Waals surface area contributed by atoms with Gasteiger partial charge in [0.15, 0.2) is 5.78 Å². The summed E-state index contributed by atoms with van der Waals surface area (Å²) in [4.78, 5) is 36.1. The zero-order valence-corrected chi connectivity index (χ0v) is 20.0. The van der Waals surface area contributed by atoms with Gasteiger partial charge in [-0.1, -0.05) is 29.8 Å². The molecule has 0 aliphatic rings. The van der Waals surface area contributed by atoms with Gasteiger partial charge >= 0.3 is 5.97 Å². The van der Waals surface area contributed by atoms with Gasteiger partial charge in [0.05, 0.1) is 22.0 Å². The molecule has 0 spiro atoms. The third-order valence-electron chi connectivity index (χ3n) is 5.05. The zero-order valence-electron chi connectivity index (χ0n) is 18.4. The molecule has 0 unspecified atom stereocenters. The first-order valence-electron chi connectivity index (χ1n) is 9.76. The van der Waals surface area contributed by atoms with Gasteiger partial charge in [-0.3, -0.25) is 18.6 Å².